The van der Waals surface area contributed by atoms with Crippen molar-refractivity contribution in [3.8, 4) is 0 Å². The fourth-order valence-electron chi connectivity index (χ4n) is 5.28. The van der Waals surface area contributed by atoms with Crippen molar-refractivity contribution in [2.45, 2.75) is 63.8 Å². The average Bonchev–Trinajstić information content (AvgIpc) is 3.64. The van der Waals surface area contributed by atoms with E-state index in [1.807, 2.05) is 30.3 Å². The highest BCUT2D eigenvalue weighted by Crippen LogP contribution is 2.39. The number of pyridine rings is 1. The molecule has 3 N–H and O–H groups in total. The summed E-state index contributed by atoms with van der Waals surface area (Å²) in [6.07, 6.45) is 9.99. The molecule has 7 heteroatoms. The molecule has 0 aliphatic heterocycles. The largest absolute Gasteiger partial charge is 0.478 e. The number of aromatic carboxylic acids is 1. The molecule has 2 aliphatic carbocycles. The molecule has 2 saturated carbocycles. The van der Waals surface area contributed by atoms with Gasteiger partial charge in [-0.05, 0) is 84.9 Å². The molecule has 5 rings (SSSR count). The molecule has 2 aromatic carbocycles. The number of carboxylic acids is 1. The van der Waals surface area contributed by atoms with E-state index in [4.69, 9.17) is 16.7 Å². The Balaban J connectivity index is 1.26. The van der Waals surface area contributed by atoms with E-state index in [0.717, 1.165) is 59.2 Å². The van der Waals surface area contributed by atoms with Gasteiger partial charge >= 0.3 is 5.97 Å². The summed E-state index contributed by atoms with van der Waals surface area (Å²) in [5.74, 6) is -0.204. The molecule has 0 bridgehead atoms. The number of hydrogen-bond acceptors (Lipinski definition) is 3. The highest BCUT2D eigenvalue weighted by molar-refractivity contribution is 6.31. The van der Waals surface area contributed by atoms with Crippen LogP contribution in [-0.4, -0.2) is 22.0 Å². The minimum Gasteiger partial charge on any atom is -0.478 e. The van der Waals surface area contributed by atoms with Gasteiger partial charge in [-0.3, -0.25) is 9.59 Å². The van der Waals surface area contributed by atoms with Crippen molar-refractivity contribution < 1.29 is 14.7 Å². The first-order valence-electron chi connectivity index (χ1n) is 13.7. The summed E-state index contributed by atoms with van der Waals surface area (Å²) in [5.41, 5.74) is 5.59. The summed E-state index contributed by atoms with van der Waals surface area (Å²) in [7, 11) is 0. The monoisotopic (exact) mass is 544 g/mol. The van der Waals surface area contributed by atoms with E-state index < -0.39 is 5.97 Å². The maximum atomic E-state index is 12.8. The Morgan fingerprint density at radius 3 is 2.33 bits per heavy atom. The fraction of sp³-hybridized carbons (Fsp3) is 0.344. The lowest BCUT2D eigenvalue weighted by Gasteiger charge is -2.14. The second kappa shape index (κ2) is 12.0. The summed E-state index contributed by atoms with van der Waals surface area (Å²) in [6.45, 7) is 0.332. The number of aromatic amines is 1. The van der Waals surface area contributed by atoms with Gasteiger partial charge in [0, 0.05) is 34.8 Å². The number of halogens is 1. The van der Waals surface area contributed by atoms with Gasteiger partial charge in [0.15, 0.2) is 0 Å². The Bertz CT molecular complexity index is 1450. The summed E-state index contributed by atoms with van der Waals surface area (Å²) >= 11 is 6.70. The van der Waals surface area contributed by atoms with Gasteiger partial charge in [-0.15, -0.1) is 0 Å². The molecule has 6 nitrogen and oxygen atoms in total. The molecule has 1 amide bonds. The van der Waals surface area contributed by atoms with Crippen molar-refractivity contribution in [2.75, 3.05) is 0 Å². The first-order chi connectivity index (χ1) is 18.9. The number of carboxylic acid groups (broad SMARTS) is 1. The number of H-pyrrole nitrogens is 1. The Hall–Kier alpha value is -3.64. The molecule has 1 aromatic heterocycles. The van der Waals surface area contributed by atoms with Crippen LogP contribution >= 0.6 is 11.6 Å². The lowest BCUT2D eigenvalue weighted by Crippen LogP contribution is -2.23. The summed E-state index contributed by atoms with van der Waals surface area (Å²) in [5, 5.41) is 12.5. The van der Waals surface area contributed by atoms with E-state index in [9.17, 15) is 14.4 Å². The van der Waals surface area contributed by atoms with Crippen molar-refractivity contribution >= 4 is 29.1 Å². The van der Waals surface area contributed by atoms with Crippen LogP contribution in [0.15, 0.2) is 65.5 Å². The third-order valence-electron chi connectivity index (χ3n) is 7.73. The van der Waals surface area contributed by atoms with Crippen LogP contribution in [0, 0.1) is 5.92 Å². The quantitative estimate of drug-likeness (QED) is 0.272. The zero-order valence-electron chi connectivity index (χ0n) is 21.8. The van der Waals surface area contributed by atoms with E-state index in [0.29, 0.717) is 29.8 Å². The van der Waals surface area contributed by atoms with Crippen LogP contribution in [0.25, 0.3) is 5.57 Å². The van der Waals surface area contributed by atoms with Gasteiger partial charge in [0.25, 0.3) is 5.56 Å². The molecule has 0 unspecified atom stereocenters. The van der Waals surface area contributed by atoms with Crippen LogP contribution < -0.4 is 10.9 Å². The van der Waals surface area contributed by atoms with Crippen molar-refractivity contribution in [2.24, 2.45) is 5.92 Å². The van der Waals surface area contributed by atoms with Crippen LogP contribution in [0.5, 0.6) is 0 Å². The summed E-state index contributed by atoms with van der Waals surface area (Å²) in [6, 6.07) is 16.4. The first kappa shape index (κ1) is 26.9. The molecule has 2 aliphatic rings. The fourth-order valence-corrected chi connectivity index (χ4v) is 5.55. The minimum absolute atomic E-state index is 0.00104. The van der Waals surface area contributed by atoms with Crippen molar-refractivity contribution in [3.05, 3.63) is 110 Å². The first-order valence-corrected chi connectivity index (χ1v) is 14.1. The van der Waals surface area contributed by atoms with Crippen LogP contribution in [0.1, 0.15) is 89.2 Å². The topological polar surface area (TPSA) is 99.3 Å². The average molecular weight is 545 g/mol. The maximum absolute atomic E-state index is 12.8. The number of hydrogen-bond donors (Lipinski definition) is 3. The molecular weight excluding hydrogens is 512 g/mol. The number of amides is 1. The van der Waals surface area contributed by atoms with Crippen molar-refractivity contribution in [1.82, 2.24) is 10.3 Å². The number of aromatic nitrogens is 1. The number of nitrogens with one attached hydrogen (secondary N) is 2. The number of aryl methyl sites for hydroxylation is 1. The number of carbonyl (C=O) groups excluding carboxylic acids is 1. The Morgan fingerprint density at radius 1 is 0.974 bits per heavy atom. The van der Waals surface area contributed by atoms with Gasteiger partial charge in [0.05, 0.1) is 5.56 Å². The van der Waals surface area contributed by atoms with Crippen LogP contribution in [0.2, 0.25) is 5.02 Å². The molecule has 0 saturated heterocycles. The predicted molar refractivity (Wildman–Crippen MR) is 153 cm³/mol. The predicted octanol–water partition coefficient (Wildman–Crippen LogP) is 6.47. The van der Waals surface area contributed by atoms with Crippen molar-refractivity contribution in [1.29, 1.82) is 0 Å². The van der Waals surface area contributed by atoms with Crippen LogP contribution in [0.4, 0.5) is 0 Å². The van der Waals surface area contributed by atoms with Crippen LogP contribution in [0.3, 0.4) is 0 Å². The van der Waals surface area contributed by atoms with Gasteiger partial charge in [-0.1, -0.05) is 60.9 Å². The van der Waals surface area contributed by atoms with E-state index in [1.54, 1.807) is 12.1 Å². The maximum Gasteiger partial charge on any atom is 0.335 e. The molecule has 0 radical (unpaired) electrons. The van der Waals surface area contributed by atoms with Gasteiger partial charge in [-0.2, -0.15) is 0 Å². The van der Waals surface area contributed by atoms with E-state index in [-0.39, 0.29) is 23.5 Å². The highest BCUT2D eigenvalue weighted by atomic mass is 35.5. The molecule has 0 spiro atoms. The second-order valence-corrected chi connectivity index (χ2v) is 11.0. The Labute approximate surface area is 233 Å². The summed E-state index contributed by atoms with van der Waals surface area (Å²) in [4.78, 5) is 39.3. The number of benzene rings is 2. The Kier molecular flexibility index (Phi) is 8.32. The lowest BCUT2D eigenvalue weighted by atomic mass is 9.94. The number of allylic oxidation sites excluding steroid dienone is 1. The zero-order valence-corrected chi connectivity index (χ0v) is 22.6. The second-order valence-electron chi connectivity index (χ2n) is 10.6. The van der Waals surface area contributed by atoms with Gasteiger partial charge in [0.2, 0.25) is 5.91 Å². The third-order valence-corrected chi connectivity index (χ3v) is 8.08. The smallest absolute Gasteiger partial charge is 0.335 e. The molecule has 3 aromatic rings. The van der Waals surface area contributed by atoms with Gasteiger partial charge < -0.3 is 15.4 Å². The van der Waals surface area contributed by atoms with Crippen molar-refractivity contribution in [3.63, 3.8) is 0 Å². The number of carbonyl (C=O) groups is 2. The van der Waals surface area contributed by atoms with Crippen LogP contribution in [-0.2, 0) is 17.8 Å². The SMILES string of the molecule is O=C(CCc1ccc(/C(=C\C2CCCC2)c2ccc(C3CC3)c(=O)[nH]2)cc1Cl)NCc1ccc(C(=O)O)cc1. The molecule has 39 heavy (non-hydrogen) atoms. The van der Waals surface area contributed by atoms with E-state index in [1.165, 1.54) is 25.0 Å². The van der Waals surface area contributed by atoms with Gasteiger partial charge in [-0.25, -0.2) is 4.79 Å². The number of rotatable bonds is 10. The highest BCUT2D eigenvalue weighted by Gasteiger charge is 2.26. The molecule has 202 valence electrons. The molecule has 0 atom stereocenters. The normalized spacial score (nSPS) is 15.9. The van der Waals surface area contributed by atoms with E-state index >= 15 is 0 Å². The molecule has 2 fully saturated rings. The summed E-state index contributed by atoms with van der Waals surface area (Å²) < 4.78 is 0. The van der Waals surface area contributed by atoms with Gasteiger partial charge in [0.1, 0.15) is 0 Å². The molecular formula is C32H33ClN2O4. The van der Waals surface area contributed by atoms with E-state index in [2.05, 4.69) is 16.4 Å². The standard InChI is InChI=1S/C32H33ClN2O4/c33-28-18-25(12-11-23(28)13-16-30(36)34-19-21-5-7-24(8-6-21)32(38)39)27(17-20-3-1-2-4-20)29-15-14-26(22-9-10-22)31(37)35-29/h5-8,11-12,14-15,17-18,20,22H,1-4,9-10,13,16,19H2,(H,34,36)(H,35,37)(H,38,39)/b27-17+. The third kappa shape index (κ3) is 6.87. The zero-order chi connectivity index (χ0) is 27.4. The lowest BCUT2D eigenvalue weighted by molar-refractivity contribution is -0.121. The minimum atomic E-state index is -0.977. The Morgan fingerprint density at radius 2 is 1.69 bits per heavy atom. The molecule has 1 heterocycles.